The van der Waals surface area contributed by atoms with Gasteiger partial charge in [0.2, 0.25) is 0 Å². The Labute approximate surface area is 76.3 Å². The van der Waals surface area contributed by atoms with Crippen molar-refractivity contribution in [2.45, 2.75) is 0 Å². The molecule has 3 nitrogen and oxygen atoms in total. The zero-order valence-corrected chi connectivity index (χ0v) is 7.31. The molecule has 0 radical (unpaired) electrons. The summed E-state index contributed by atoms with van der Waals surface area (Å²) in [7, 11) is 1.92. The third-order valence-corrected chi connectivity index (χ3v) is 1.93. The van der Waals surface area contributed by atoms with Crippen molar-refractivity contribution < 1.29 is 5.11 Å². The SMILES string of the molecule is Cn1ccnc1-c1cccc(O)c1. The van der Waals surface area contributed by atoms with E-state index in [1.807, 2.05) is 23.9 Å². The lowest BCUT2D eigenvalue weighted by Gasteiger charge is -2.01. The highest BCUT2D eigenvalue weighted by Gasteiger charge is 2.02. The van der Waals surface area contributed by atoms with Gasteiger partial charge in [-0.05, 0) is 12.1 Å². The molecule has 2 rings (SSSR count). The number of imidazole rings is 1. The quantitative estimate of drug-likeness (QED) is 0.715. The molecule has 1 aromatic heterocycles. The van der Waals surface area contributed by atoms with Crippen LogP contribution in [-0.2, 0) is 7.05 Å². The van der Waals surface area contributed by atoms with Crippen LogP contribution in [0.1, 0.15) is 0 Å². The van der Waals surface area contributed by atoms with Gasteiger partial charge in [0.05, 0.1) is 0 Å². The lowest BCUT2D eigenvalue weighted by molar-refractivity contribution is 0.475. The van der Waals surface area contributed by atoms with Gasteiger partial charge in [-0.15, -0.1) is 0 Å². The normalized spacial score (nSPS) is 10.2. The molecule has 0 bridgehead atoms. The average Bonchev–Trinajstić information content (AvgIpc) is 2.51. The summed E-state index contributed by atoms with van der Waals surface area (Å²) in [5.74, 6) is 1.12. The molecular formula is C10H10N2O. The Bertz CT molecular complexity index is 420. The molecule has 66 valence electrons. The fourth-order valence-corrected chi connectivity index (χ4v) is 1.29. The van der Waals surface area contributed by atoms with E-state index in [-0.39, 0.29) is 5.75 Å². The highest BCUT2D eigenvalue weighted by molar-refractivity contribution is 5.57. The van der Waals surface area contributed by atoms with E-state index < -0.39 is 0 Å². The summed E-state index contributed by atoms with van der Waals surface area (Å²) in [6.07, 6.45) is 3.61. The zero-order chi connectivity index (χ0) is 9.26. The zero-order valence-electron chi connectivity index (χ0n) is 7.31. The molecule has 0 saturated carbocycles. The first kappa shape index (κ1) is 7.86. The smallest absolute Gasteiger partial charge is 0.139 e. The van der Waals surface area contributed by atoms with Crippen molar-refractivity contribution in [3.8, 4) is 17.1 Å². The van der Waals surface area contributed by atoms with E-state index in [9.17, 15) is 5.11 Å². The van der Waals surface area contributed by atoms with Gasteiger partial charge in [-0.2, -0.15) is 0 Å². The van der Waals surface area contributed by atoms with Crippen molar-refractivity contribution in [3.05, 3.63) is 36.7 Å². The molecule has 13 heavy (non-hydrogen) atoms. The third-order valence-electron chi connectivity index (χ3n) is 1.93. The first-order chi connectivity index (χ1) is 6.27. The van der Waals surface area contributed by atoms with E-state index in [1.165, 1.54) is 0 Å². The van der Waals surface area contributed by atoms with Gasteiger partial charge in [-0.3, -0.25) is 0 Å². The third kappa shape index (κ3) is 1.40. The van der Waals surface area contributed by atoms with Crippen LogP contribution in [0.2, 0.25) is 0 Å². The topological polar surface area (TPSA) is 38.0 Å². The lowest BCUT2D eigenvalue weighted by atomic mass is 10.2. The predicted molar refractivity (Wildman–Crippen MR) is 50.3 cm³/mol. The molecule has 0 aliphatic carbocycles. The highest BCUT2D eigenvalue weighted by Crippen LogP contribution is 2.20. The maximum absolute atomic E-state index is 9.27. The van der Waals surface area contributed by atoms with E-state index in [2.05, 4.69) is 4.98 Å². The second kappa shape index (κ2) is 2.94. The lowest BCUT2D eigenvalue weighted by Crippen LogP contribution is -1.90. The van der Waals surface area contributed by atoms with Gasteiger partial charge < -0.3 is 9.67 Å². The highest BCUT2D eigenvalue weighted by atomic mass is 16.3. The van der Waals surface area contributed by atoms with Gasteiger partial charge >= 0.3 is 0 Å². The molecule has 0 saturated heterocycles. The van der Waals surface area contributed by atoms with Crippen LogP contribution in [0, 0.1) is 0 Å². The number of phenols is 1. The van der Waals surface area contributed by atoms with Crippen LogP contribution in [0.15, 0.2) is 36.7 Å². The molecule has 1 N–H and O–H groups in total. The Kier molecular flexibility index (Phi) is 1.77. The van der Waals surface area contributed by atoms with Crippen LogP contribution in [0.4, 0.5) is 0 Å². The molecule has 1 aromatic carbocycles. The molecule has 0 amide bonds. The van der Waals surface area contributed by atoms with Gasteiger partial charge in [-0.1, -0.05) is 12.1 Å². The molecule has 0 aliphatic heterocycles. The summed E-state index contributed by atoms with van der Waals surface area (Å²) in [6, 6.07) is 7.07. The summed E-state index contributed by atoms with van der Waals surface area (Å²) >= 11 is 0. The second-order valence-corrected chi connectivity index (χ2v) is 2.91. The molecule has 0 aliphatic rings. The minimum Gasteiger partial charge on any atom is -0.508 e. The number of hydrogen-bond acceptors (Lipinski definition) is 2. The molecule has 2 aromatic rings. The van der Waals surface area contributed by atoms with Gasteiger partial charge in [-0.25, -0.2) is 4.98 Å². The Morgan fingerprint density at radius 3 is 2.85 bits per heavy atom. The molecule has 0 spiro atoms. The molecule has 0 atom stereocenters. The Morgan fingerprint density at radius 2 is 2.23 bits per heavy atom. The van der Waals surface area contributed by atoms with Crippen molar-refractivity contribution in [1.29, 1.82) is 0 Å². The summed E-state index contributed by atoms with van der Waals surface area (Å²) in [5, 5.41) is 9.27. The fourth-order valence-electron chi connectivity index (χ4n) is 1.29. The van der Waals surface area contributed by atoms with Crippen LogP contribution >= 0.6 is 0 Å². The van der Waals surface area contributed by atoms with Crippen LogP contribution in [0.3, 0.4) is 0 Å². The first-order valence-electron chi connectivity index (χ1n) is 4.04. The minimum absolute atomic E-state index is 0.264. The number of rotatable bonds is 1. The Balaban J connectivity index is 2.53. The molecular weight excluding hydrogens is 164 g/mol. The van der Waals surface area contributed by atoms with Gasteiger partial charge in [0.25, 0.3) is 0 Å². The van der Waals surface area contributed by atoms with E-state index in [0.717, 1.165) is 11.4 Å². The van der Waals surface area contributed by atoms with Gasteiger partial charge in [0, 0.05) is 25.0 Å². The van der Waals surface area contributed by atoms with Crippen molar-refractivity contribution >= 4 is 0 Å². The van der Waals surface area contributed by atoms with Crippen LogP contribution in [0.5, 0.6) is 5.75 Å². The van der Waals surface area contributed by atoms with Crippen molar-refractivity contribution in [3.63, 3.8) is 0 Å². The number of phenolic OH excluding ortho intramolecular Hbond substituents is 1. The van der Waals surface area contributed by atoms with Crippen LogP contribution < -0.4 is 0 Å². The summed E-state index contributed by atoms with van der Waals surface area (Å²) in [5.41, 5.74) is 0.924. The maximum Gasteiger partial charge on any atom is 0.139 e. The number of nitrogens with zero attached hydrogens (tertiary/aromatic N) is 2. The van der Waals surface area contributed by atoms with Crippen LogP contribution in [0.25, 0.3) is 11.4 Å². The Morgan fingerprint density at radius 1 is 1.38 bits per heavy atom. The summed E-state index contributed by atoms with van der Waals surface area (Å²) in [4.78, 5) is 4.18. The van der Waals surface area contributed by atoms with Crippen molar-refractivity contribution in [2.24, 2.45) is 7.05 Å². The largest absolute Gasteiger partial charge is 0.508 e. The number of hydrogen-bond donors (Lipinski definition) is 1. The Hall–Kier alpha value is -1.77. The fraction of sp³-hybridized carbons (Fsp3) is 0.100. The number of aromatic hydroxyl groups is 1. The van der Waals surface area contributed by atoms with Gasteiger partial charge in [0.1, 0.15) is 11.6 Å². The number of aryl methyl sites for hydroxylation is 1. The van der Waals surface area contributed by atoms with Crippen molar-refractivity contribution in [2.75, 3.05) is 0 Å². The predicted octanol–water partition coefficient (Wildman–Crippen LogP) is 1.79. The number of benzene rings is 1. The maximum atomic E-state index is 9.27. The molecule has 0 unspecified atom stereocenters. The van der Waals surface area contributed by atoms with E-state index in [1.54, 1.807) is 24.4 Å². The van der Waals surface area contributed by atoms with E-state index in [0.29, 0.717) is 0 Å². The first-order valence-corrected chi connectivity index (χ1v) is 4.04. The van der Waals surface area contributed by atoms with Gasteiger partial charge in [0.15, 0.2) is 0 Å². The molecule has 3 heteroatoms. The van der Waals surface area contributed by atoms with Crippen LogP contribution in [-0.4, -0.2) is 14.7 Å². The van der Waals surface area contributed by atoms with Crippen molar-refractivity contribution in [1.82, 2.24) is 9.55 Å². The second-order valence-electron chi connectivity index (χ2n) is 2.91. The standard InChI is InChI=1S/C10H10N2O/c1-12-6-5-11-10(12)8-3-2-4-9(13)7-8/h2-7,13H,1H3. The number of aromatic nitrogens is 2. The van der Waals surface area contributed by atoms with E-state index >= 15 is 0 Å². The minimum atomic E-state index is 0.264. The monoisotopic (exact) mass is 174 g/mol. The summed E-state index contributed by atoms with van der Waals surface area (Å²) < 4.78 is 1.91. The average molecular weight is 174 g/mol. The molecule has 1 heterocycles. The summed E-state index contributed by atoms with van der Waals surface area (Å²) in [6.45, 7) is 0. The molecule has 0 fully saturated rings. The van der Waals surface area contributed by atoms with E-state index in [4.69, 9.17) is 0 Å².